The third kappa shape index (κ3) is 2.46. The maximum absolute atomic E-state index is 11.1. The predicted molar refractivity (Wildman–Crippen MR) is 77.0 cm³/mol. The van der Waals surface area contributed by atoms with Crippen LogP contribution < -0.4 is 4.74 Å². The minimum atomic E-state index is -0.980. The Kier molecular flexibility index (Phi) is 3.82. The molecule has 0 saturated heterocycles. The molecule has 6 heteroatoms. The van der Waals surface area contributed by atoms with Crippen LogP contribution in [0.4, 0.5) is 0 Å². The summed E-state index contributed by atoms with van der Waals surface area (Å²) in [5.41, 5.74) is 0.889. The van der Waals surface area contributed by atoms with Gasteiger partial charge in [-0.05, 0) is 40.8 Å². The molecule has 0 aliphatic heterocycles. The number of carboxylic acid groups (broad SMARTS) is 1. The third-order valence-electron chi connectivity index (χ3n) is 2.42. The standard InChI is InChI=1S/C12H9ClINO3/c1-18-11-5-8(2-3-9(11)13)15-6-7(14)4-10(15)12(16)17/h2-6H,1H3,(H,16,17). The highest BCUT2D eigenvalue weighted by atomic mass is 127. The molecule has 0 bridgehead atoms. The maximum Gasteiger partial charge on any atom is 0.352 e. The quantitative estimate of drug-likeness (QED) is 0.834. The van der Waals surface area contributed by atoms with Gasteiger partial charge in [0, 0.05) is 21.5 Å². The zero-order chi connectivity index (χ0) is 13.3. The second-order valence-electron chi connectivity index (χ2n) is 3.54. The third-order valence-corrected chi connectivity index (χ3v) is 3.32. The molecule has 2 aromatic rings. The van der Waals surface area contributed by atoms with Crippen LogP contribution in [0.5, 0.6) is 5.75 Å². The fourth-order valence-corrected chi connectivity index (χ4v) is 2.38. The van der Waals surface area contributed by atoms with Crippen molar-refractivity contribution in [1.29, 1.82) is 0 Å². The van der Waals surface area contributed by atoms with Crippen LogP contribution in [0, 0.1) is 3.57 Å². The summed E-state index contributed by atoms with van der Waals surface area (Å²) in [6.07, 6.45) is 1.74. The molecule has 1 heterocycles. The molecule has 0 radical (unpaired) electrons. The van der Waals surface area contributed by atoms with Gasteiger partial charge in [0.15, 0.2) is 0 Å². The van der Waals surface area contributed by atoms with Gasteiger partial charge in [0.05, 0.1) is 12.1 Å². The van der Waals surface area contributed by atoms with Crippen molar-refractivity contribution in [3.63, 3.8) is 0 Å². The summed E-state index contributed by atoms with van der Waals surface area (Å²) >= 11 is 8.01. The Bertz CT molecular complexity index is 609. The molecule has 0 aliphatic carbocycles. The van der Waals surface area contributed by atoms with Crippen LogP contribution in [0.3, 0.4) is 0 Å². The molecule has 2 rings (SSSR count). The first-order valence-corrected chi connectivity index (χ1v) is 6.43. The van der Waals surface area contributed by atoms with E-state index < -0.39 is 5.97 Å². The molecule has 1 N–H and O–H groups in total. The molecule has 1 aromatic carbocycles. The lowest BCUT2D eigenvalue weighted by atomic mass is 10.3. The van der Waals surface area contributed by atoms with E-state index in [1.54, 1.807) is 35.0 Å². The van der Waals surface area contributed by atoms with Crippen LogP contribution in [0.15, 0.2) is 30.5 Å². The molecule has 0 spiro atoms. The normalized spacial score (nSPS) is 10.4. The lowest BCUT2D eigenvalue weighted by Gasteiger charge is -2.09. The number of benzene rings is 1. The fourth-order valence-electron chi connectivity index (χ4n) is 1.61. The van der Waals surface area contributed by atoms with Gasteiger partial charge >= 0.3 is 5.97 Å². The lowest BCUT2D eigenvalue weighted by Crippen LogP contribution is -2.05. The SMILES string of the molecule is COc1cc(-n2cc(I)cc2C(=O)O)ccc1Cl. The van der Waals surface area contributed by atoms with Gasteiger partial charge in [-0.2, -0.15) is 0 Å². The summed E-state index contributed by atoms with van der Waals surface area (Å²) in [7, 11) is 1.52. The van der Waals surface area contributed by atoms with Gasteiger partial charge in [0.1, 0.15) is 11.4 Å². The number of hydrogen-bond donors (Lipinski definition) is 1. The number of nitrogens with zero attached hydrogens (tertiary/aromatic N) is 1. The van der Waals surface area contributed by atoms with Crippen LogP contribution >= 0.6 is 34.2 Å². The van der Waals surface area contributed by atoms with Gasteiger partial charge in [-0.15, -0.1) is 0 Å². The minimum Gasteiger partial charge on any atom is -0.495 e. The first kappa shape index (κ1) is 13.2. The average Bonchev–Trinajstić information content (AvgIpc) is 2.72. The Labute approximate surface area is 122 Å². The van der Waals surface area contributed by atoms with Crippen molar-refractivity contribution in [3.8, 4) is 11.4 Å². The van der Waals surface area contributed by atoms with E-state index in [9.17, 15) is 4.79 Å². The largest absolute Gasteiger partial charge is 0.495 e. The average molecular weight is 378 g/mol. The number of aromatic carboxylic acids is 1. The lowest BCUT2D eigenvalue weighted by molar-refractivity contribution is 0.0688. The number of carboxylic acids is 1. The highest BCUT2D eigenvalue weighted by molar-refractivity contribution is 14.1. The molecular weight excluding hydrogens is 368 g/mol. The summed E-state index contributed by atoms with van der Waals surface area (Å²) in [4.78, 5) is 11.1. The van der Waals surface area contributed by atoms with Crippen LogP contribution in [-0.2, 0) is 0 Å². The first-order chi connectivity index (χ1) is 8.52. The smallest absolute Gasteiger partial charge is 0.352 e. The number of rotatable bonds is 3. The van der Waals surface area contributed by atoms with E-state index in [2.05, 4.69) is 22.6 Å². The van der Waals surface area contributed by atoms with Crippen LogP contribution in [0.25, 0.3) is 5.69 Å². The highest BCUT2D eigenvalue weighted by Gasteiger charge is 2.14. The molecule has 94 valence electrons. The fraction of sp³-hybridized carbons (Fsp3) is 0.0833. The Morgan fingerprint density at radius 2 is 2.17 bits per heavy atom. The molecule has 18 heavy (non-hydrogen) atoms. The van der Waals surface area contributed by atoms with Gasteiger partial charge in [0.25, 0.3) is 0 Å². The maximum atomic E-state index is 11.1. The summed E-state index contributed by atoms with van der Waals surface area (Å²) in [5.74, 6) is -0.471. The number of carbonyl (C=O) groups is 1. The van der Waals surface area contributed by atoms with Gasteiger partial charge < -0.3 is 14.4 Å². The van der Waals surface area contributed by atoms with E-state index >= 15 is 0 Å². The van der Waals surface area contributed by atoms with E-state index in [1.165, 1.54) is 7.11 Å². The Hall–Kier alpha value is -1.21. The Morgan fingerprint density at radius 1 is 1.44 bits per heavy atom. The van der Waals surface area contributed by atoms with Crippen LogP contribution in [-0.4, -0.2) is 22.8 Å². The molecule has 4 nitrogen and oxygen atoms in total. The van der Waals surface area contributed by atoms with E-state index in [4.69, 9.17) is 21.4 Å². The number of hydrogen-bond acceptors (Lipinski definition) is 2. The molecule has 0 saturated carbocycles. The van der Waals surface area contributed by atoms with Crippen molar-refractivity contribution in [2.75, 3.05) is 7.11 Å². The van der Waals surface area contributed by atoms with Crippen molar-refractivity contribution in [3.05, 3.63) is 44.7 Å². The van der Waals surface area contributed by atoms with Crippen molar-refractivity contribution < 1.29 is 14.6 Å². The molecule has 0 aliphatic rings. The molecule has 0 unspecified atom stereocenters. The van der Waals surface area contributed by atoms with Gasteiger partial charge in [-0.25, -0.2) is 4.79 Å². The van der Waals surface area contributed by atoms with E-state index in [1.807, 2.05) is 0 Å². The monoisotopic (exact) mass is 377 g/mol. The second-order valence-corrected chi connectivity index (χ2v) is 5.19. The topological polar surface area (TPSA) is 51.5 Å². The van der Waals surface area contributed by atoms with Crippen molar-refractivity contribution >= 4 is 40.2 Å². The molecule has 0 amide bonds. The number of halogens is 2. The van der Waals surface area contributed by atoms with Crippen molar-refractivity contribution in [2.45, 2.75) is 0 Å². The Balaban J connectivity index is 2.58. The molecular formula is C12H9ClINO3. The van der Waals surface area contributed by atoms with Gasteiger partial charge in [-0.3, -0.25) is 0 Å². The summed E-state index contributed by atoms with van der Waals surface area (Å²) in [5, 5.41) is 9.63. The van der Waals surface area contributed by atoms with Gasteiger partial charge in [-0.1, -0.05) is 11.6 Å². The molecule has 0 fully saturated rings. The van der Waals surface area contributed by atoms with E-state index in [0.29, 0.717) is 16.5 Å². The number of aromatic nitrogens is 1. The van der Waals surface area contributed by atoms with Crippen LogP contribution in [0.2, 0.25) is 5.02 Å². The predicted octanol–water partition coefficient (Wildman–Crippen LogP) is 3.44. The molecule has 0 atom stereocenters. The first-order valence-electron chi connectivity index (χ1n) is 4.98. The number of ether oxygens (including phenoxy) is 1. The zero-order valence-corrected chi connectivity index (χ0v) is 12.3. The van der Waals surface area contributed by atoms with Crippen LogP contribution in [0.1, 0.15) is 10.5 Å². The molecule has 1 aromatic heterocycles. The zero-order valence-electron chi connectivity index (χ0n) is 9.35. The van der Waals surface area contributed by atoms with Crippen molar-refractivity contribution in [1.82, 2.24) is 4.57 Å². The van der Waals surface area contributed by atoms with E-state index in [-0.39, 0.29) is 5.69 Å². The summed E-state index contributed by atoms with van der Waals surface area (Å²) < 4.78 is 7.55. The Morgan fingerprint density at radius 3 is 2.78 bits per heavy atom. The van der Waals surface area contributed by atoms with Crippen molar-refractivity contribution in [2.24, 2.45) is 0 Å². The number of methoxy groups -OCH3 is 1. The second kappa shape index (κ2) is 5.19. The summed E-state index contributed by atoms with van der Waals surface area (Å²) in [6.45, 7) is 0. The highest BCUT2D eigenvalue weighted by Crippen LogP contribution is 2.28. The van der Waals surface area contributed by atoms with Gasteiger partial charge in [0.2, 0.25) is 0 Å². The van der Waals surface area contributed by atoms with E-state index in [0.717, 1.165) is 3.57 Å². The summed E-state index contributed by atoms with van der Waals surface area (Å²) in [6, 6.07) is 6.72. The minimum absolute atomic E-state index is 0.198.